The van der Waals surface area contributed by atoms with Crippen LogP contribution in [0.4, 0.5) is 0 Å². The van der Waals surface area contributed by atoms with Crippen molar-refractivity contribution < 1.29 is 4.42 Å². The van der Waals surface area contributed by atoms with Crippen LogP contribution in [0.1, 0.15) is 5.56 Å². The van der Waals surface area contributed by atoms with Crippen LogP contribution < -0.4 is 0 Å². The van der Waals surface area contributed by atoms with Crippen molar-refractivity contribution in [1.82, 2.24) is 10.2 Å². The molecule has 1 aromatic heterocycles. The third kappa shape index (κ3) is 4.00. The van der Waals surface area contributed by atoms with Crippen LogP contribution in [0.15, 0.2) is 70.3 Å². The van der Waals surface area contributed by atoms with Crippen molar-refractivity contribution in [3.05, 3.63) is 71.3 Å². The Balaban J connectivity index is 1.59. The Bertz CT molecular complexity index is 771. The molecule has 0 unspecified atom stereocenters. The summed E-state index contributed by atoms with van der Waals surface area (Å²) >= 11 is 7.46. The van der Waals surface area contributed by atoms with Crippen molar-refractivity contribution in [1.29, 1.82) is 0 Å². The molecule has 0 radical (unpaired) electrons. The Morgan fingerprint density at radius 2 is 1.91 bits per heavy atom. The molecule has 0 aliphatic rings. The first-order valence-corrected chi connectivity index (χ1v) is 8.11. The fraction of sp³-hybridized carbons (Fsp3) is 0.0588. The predicted octanol–water partition coefficient (Wildman–Crippen LogP) is 5.20. The molecule has 22 heavy (non-hydrogen) atoms. The molecule has 0 amide bonds. The summed E-state index contributed by atoms with van der Waals surface area (Å²) in [5, 5.41) is 9.28. The van der Waals surface area contributed by atoms with E-state index in [-0.39, 0.29) is 0 Å². The molecule has 0 fully saturated rings. The van der Waals surface area contributed by atoms with Gasteiger partial charge in [-0.25, -0.2) is 0 Å². The van der Waals surface area contributed by atoms with Gasteiger partial charge >= 0.3 is 0 Å². The largest absolute Gasteiger partial charge is 0.411 e. The average molecular weight is 329 g/mol. The first-order chi connectivity index (χ1) is 10.8. The van der Waals surface area contributed by atoms with Gasteiger partial charge < -0.3 is 4.42 Å². The molecule has 0 N–H and O–H groups in total. The van der Waals surface area contributed by atoms with E-state index in [9.17, 15) is 0 Å². The molecule has 1 heterocycles. The number of hydrogen-bond donors (Lipinski definition) is 0. The molecule has 3 nitrogen and oxygen atoms in total. The van der Waals surface area contributed by atoms with Crippen LogP contribution in [-0.2, 0) is 0 Å². The third-order valence-corrected chi connectivity index (χ3v) is 3.90. The lowest BCUT2D eigenvalue weighted by molar-refractivity contribution is 0.466. The minimum Gasteiger partial charge on any atom is -0.411 e. The van der Waals surface area contributed by atoms with Crippen LogP contribution >= 0.6 is 23.4 Å². The average Bonchev–Trinajstić information content (AvgIpc) is 3.02. The molecule has 0 aliphatic heterocycles. The Kier molecular flexibility index (Phi) is 4.93. The third-order valence-electron chi connectivity index (χ3n) is 2.89. The molecule has 0 atom stereocenters. The summed E-state index contributed by atoms with van der Waals surface area (Å²) in [7, 11) is 0. The van der Waals surface area contributed by atoms with Crippen molar-refractivity contribution in [3.63, 3.8) is 0 Å². The van der Waals surface area contributed by atoms with Crippen LogP contribution in [0.2, 0.25) is 5.02 Å². The number of thioether (sulfide) groups is 1. The zero-order chi connectivity index (χ0) is 15.2. The van der Waals surface area contributed by atoms with Crippen molar-refractivity contribution >= 4 is 29.4 Å². The SMILES string of the molecule is Clc1cccc(-c2nnc(SCC=Cc3ccccc3)o2)c1. The quantitative estimate of drug-likeness (QED) is 0.604. The highest BCUT2D eigenvalue weighted by atomic mass is 35.5. The van der Waals surface area contributed by atoms with Gasteiger partial charge in [-0.2, -0.15) is 0 Å². The second-order valence-corrected chi connectivity index (χ2v) is 5.92. The van der Waals surface area contributed by atoms with Crippen molar-refractivity contribution in [2.75, 3.05) is 5.75 Å². The lowest BCUT2D eigenvalue weighted by atomic mass is 10.2. The van der Waals surface area contributed by atoms with Crippen LogP contribution in [0.3, 0.4) is 0 Å². The van der Waals surface area contributed by atoms with E-state index < -0.39 is 0 Å². The zero-order valence-electron chi connectivity index (χ0n) is 11.6. The maximum absolute atomic E-state index is 5.96. The number of nitrogens with zero attached hydrogens (tertiary/aromatic N) is 2. The monoisotopic (exact) mass is 328 g/mol. The minimum atomic E-state index is 0.483. The Morgan fingerprint density at radius 3 is 2.73 bits per heavy atom. The van der Waals surface area contributed by atoms with E-state index in [1.165, 1.54) is 17.3 Å². The van der Waals surface area contributed by atoms with Gasteiger partial charge in [0, 0.05) is 16.3 Å². The second kappa shape index (κ2) is 7.29. The lowest BCUT2D eigenvalue weighted by Crippen LogP contribution is -1.76. The maximum atomic E-state index is 5.96. The Hall–Kier alpha value is -2.04. The topological polar surface area (TPSA) is 38.9 Å². The van der Waals surface area contributed by atoms with Crippen molar-refractivity contribution in [3.8, 4) is 11.5 Å². The van der Waals surface area contributed by atoms with E-state index in [4.69, 9.17) is 16.0 Å². The molecule has 2 aromatic carbocycles. The minimum absolute atomic E-state index is 0.483. The molecule has 3 rings (SSSR count). The van der Waals surface area contributed by atoms with Gasteiger partial charge in [0.15, 0.2) is 0 Å². The van der Waals surface area contributed by atoms with Crippen LogP contribution in [0, 0.1) is 0 Å². The molecule has 110 valence electrons. The van der Waals surface area contributed by atoms with E-state index >= 15 is 0 Å². The fourth-order valence-electron chi connectivity index (χ4n) is 1.87. The lowest BCUT2D eigenvalue weighted by Gasteiger charge is -1.94. The molecule has 3 aromatic rings. The molecule has 0 saturated heterocycles. The zero-order valence-corrected chi connectivity index (χ0v) is 13.2. The van der Waals surface area contributed by atoms with Crippen molar-refractivity contribution in [2.24, 2.45) is 0 Å². The molecular weight excluding hydrogens is 316 g/mol. The smallest absolute Gasteiger partial charge is 0.277 e. The highest BCUT2D eigenvalue weighted by Crippen LogP contribution is 2.25. The second-order valence-electron chi connectivity index (χ2n) is 4.51. The normalized spacial score (nSPS) is 11.1. The summed E-state index contributed by atoms with van der Waals surface area (Å²) in [4.78, 5) is 0. The van der Waals surface area contributed by atoms with Gasteiger partial charge in [-0.1, -0.05) is 71.9 Å². The van der Waals surface area contributed by atoms with Crippen LogP contribution in [-0.4, -0.2) is 16.0 Å². The summed E-state index contributed by atoms with van der Waals surface area (Å²) in [6.45, 7) is 0. The molecule has 0 bridgehead atoms. The number of halogens is 1. The first-order valence-electron chi connectivity index (χ1n) is 6.75. The van der Waals surface area contributed by atoms with Gasteiger partial charge in [-0.3, -0.25) is 0 Å². The summed E-state index contributed by atoms with van der Waals surface area (Å²) in [6.07, 6.45) is 4.14. The van der Waals surface area contributed by atoms with Gasteiger partial charge in [0.1, 0.15) is 0 Å². The summed E-state index contributed by atoms with van der Waals surface area (Å²) < 4.78 is 5.63. The van der Waals surface area contributed by atoms with Crippen LogP contribution in [0.5, 0.6) is 0 Å². The number of benzene rings is 2. The summed E-state index contributed by atoms with van der Waals surface area (Å²) in [5.74, 6) is 1.25. The first kappa shape index (κ1) is 14.9. The maximum Gasteiger partial charge on any atom is 0.277 e. The van der Waals surface area contributed by atoms with Gasteiger partial charge in [-0.05, 0) is 23.8 Å². The van der Waals surface area contributed by atoms with Crippen LogP contribution in [0.25, 0.3) is 17.5 Å². The van der Waals surface area contributed by atoms with E-state index in [1.807, 2.05) is 36.4 Å². The van der Waals surface area contributed by atoms with E-state index in [0.29, 0.717) is 16.1 Å². The predicted molar refractivity (Wildman–Crippen MR) is 90.9 cm³/mol. The fourth-order valence-corrected chi connectivity index (χ4v) is 2.64. The molecular formula is C17H13ClN2OS. The van der Waals surface area contributed by atoms with Crippen molar-refractivity contribution in [2.45, 2.75) is 5.22 Å². The van der Waals surface area contributed by atoms with Gasteiger partial charge in [0.2, 0.25) is 5.89 Å². The summed E-state index contributed by atoms with van der Waals surface area (Å²) in [6, 6.07) is 17.5. The number of hydrogen-bond acceptors (Lipinski definition) is 4. The van der Waals surface area contributed by atoms with Gasteiger partial charge in [0.25, 0.3) is 5.22 Å². The molecule has 0 spiro atoms. The number of aromatic nitrogens is 2. The highest BCUT2D eigenvalue weighted by Gasteiger charge is 2.08. The van der Waals surface area contributed by atoms with Gasteiger partial charge in [0.05, 0.1) is 0 Å². The molecule has 0 aliphatic carbocycles. The Morgan fingerprint density at radius 1 is 1.05 bits per heavy atom. The summed E-state index contributed by atoms with van der Waals surface area (Å²) in [5.41, 5.74) is 2.00. The molecule has 0 saturated carbocycles. The number of rotatable bonds is 5. The molecule has 5 heteroatoms. The Labute approximate surface area is 138 Å². The van der Waals surface area contributed by atoms with Gasteiger partial charge in [-0.15, -0.1) is 10.2 Å². The van der Waals surface area contributed by atoms with E-state index in [0.717, 1.165) is 11.3 Å². The van der Waals surface area contributed by atoms with E-state index in [2.05, 4.69) is 34.5 Å². The highest BCUT2D eigenvalue weighted by molar-refractivity contribution is 7.99. The van der Waals surface area contributed by atoms with E-state index in [1.54, 1.807) is 6.07 Å². The standard InChI is InChI=1S/C17H13ClN2OS/c18-15-10-4-9-14(12-15)16-19-20-17(21-16)22-11-5-8-13-6-2-1-3-7-13/h1-10,12H,11H2.